The van der Waals surface area contributed by atoms with Crippen molar-refractivity contribution in [2.24, 2.45) is 4.40 Å². The topological polar surface area (TPSA) is 95.9 Å². The average molecular weight is 506 g/mol. The molecule has 2 aromatic rings. The van der Waals surface area contributed by atoms with E-state index < -0.39 is 15.3 Å². The van der Waals surface area contributed by atoms with Gasteiger partial charge in [-0.05, 0) is 49.2 Å². The van der Waals surface area contributed by atoms with Gasteiger partial charge in [0.1, 0.15) is 5.25 Å². The molecule has 0 spiro atoms. The Balaban J connectivity index is 1.58. The van der Waals surface area contributed by atoms with E-state index in [1.165, 1.54) is 29.2 Å². The predicted octanol–water partition coefficient (Wildman–Crippen LogP) is 4.69. The highest BCUT2D eigenvalue weighted by molar-refractivity contribution is 8.16. The summed E-state index contributed by atoms with van der Waals surface area (Å²) >= 11 is 6.92. The van der Waals surface area contributed by atoms with E-state index in [1.807, 2.05) is 18.2 Å². The summed E-state index contributed by atoms with van der Waals surface area (Å²) in [4.78, 5) is 27.4. The molecule has 1 aliphatic carbocycles. The minimum Gasteiger partial charge on any atom is -0.326 e. The lowest BCUT2D eigenvalue weighted by Gasteiger charge is -2.30. The maximum absolute atomic E-state index is 13.3. The summed E-state index contributed by atoms with van der Waals surface area (Å²) in [5, 5.41) is 2.61. The van der Waals surface area contributed by atoms with Crippen molar-refractivity contribution < 1.29 is 18.0 Å². The standard InChI is InChI=1S/C23H24ClN3O4S2/c24-16-11-13-19(14-12-16)33(30,31)26-23-27(18-9-5-2-6-10-18)22(29)20(32-23)15-21(28)25-17-7-3-1-4-8-17/h1,3-4,7-8,11-14,18,20H,2,5-6,9-10,15H2,(H,25,28)/t20-/m0/s1. The van der Waals surface area contributed by atoms with Crippen molar-refractivity contribution in [3.63, 3.8) is 0 Å². The second-order valence-corrected chi connectivity index (χ2v) is 11.2. The molecule has 1 aliphatic heterocycles. The Bertz CT molecular complexity index is 1150. The number of nitrogens with zero attached hydrogens (tertiary/aromatic N) is 2. The van der Waals surface area contributed by atoms with Crippen LogP contribution in [0, 0.1) is 0 Å². The number of halogens is 1. The molecule has 0 bridgehead atoms. The third-order valence-electron chi connectivity index (χ3n) is 5.64. The Morgan fingerprint density at radius 3 is 2.39 bits per heavy atom. The number of carbonyl (C=O) groups is 2. The van der Waals surface area contributed by atoms with Gasteiger partial charge in [-0.1, -0.05) is 60.8 Å². The van der Waals surface area contributed by atoms with Gasteiger partial charge in [-0.15, -0.1) is 4.40 Å². The minimum atomic E-state index is -4.04. The molecular weight excluding hydrogens is 482 g/mol. The number of thioether (sulfide) groups is 1. The highest BCUT2D eigenvalue weighted by Crippen LogP contribution is 2.36. The Kier molecular flexibility index (Phi) is 7.41. The molecule has 1 N–H and O–H groups in total. The quantitative estimate of drug-likeness (QED) is 0.614. The van der Waals surface area contributed by atoms with Crippen LogP contribution in [0.25, 0.3) is 0 Å². The molecule has 174 valence electrons. The summed E-state index contributed by atoms with van der Waals surface area (Å²) in [6.45, 7) is 0. The van der Waals surface area contributed by atoms with Gasteiger partial charge >= 0.3 is 0 Å². The van der Waals surface area contributed by atoms with Crippen LogP contribution in [0.2, 0.25) is 5.02 Å². The van der Waals surface area contributed by atoms with Crippen LogP contribution >= 0.6 is 23.4 Å². The maximum atomic E-state index is 13.3. The summed E-state index contributed by atoms with van der Waals surface area (Å²) in [7, 11) is -4.04. The number of para-hydroxylation sites is 1. The molecule has 7 nitrogen and oxygen atoms in total. The monoisotopic (exact) mass is 505 g/mol. The molecule has 1 heterocycles. The summed E-state index contributed by atoms with van der Waals surface area (Å²) in [5.74, 6) is -0.572. The number of hydrogen-bond donors (Lipinski definition) is 1. The van der Waals surface area contributed by atoms with Crippen LogP contribution in [-0.2, 0) is 19.6 Å². The number of hydrogen-bond acceptors (Lipinski definition) is 5. The fourth-order valence-corrected chi connectivity index (χ4v) is 6.55. The first-order chi connectivity index (χ1) is 15.8. The van der Waals surface area contributed by atoms with E-state index in [4.69, 9.17) is 11.6 Å². The number of amidine groups is 1. The Morgan fingerprint density at radius 2 is 1.73 bits per heavy atom. The van der Waals surface area contributed by atoms with Gasteiger partial charge in [0.2, 0.25) is 11.8 Å². The van der Waals surface area contributed by atoms with Crippen molar-refractivity contribution in [2.75, 3.05) is 5.32 Å². The van der Waals surface area contributed by atoms with Gasteiger partial charge in [0.05, 0.1) is 4.90 Å². The third-order valence-corrected chi connectivity index (χ3v) is 8.44. The van der Waals surface area contributed by atoms with E-state index in [9.17, 15) is 18.0 Å². The van der Waals surface area contributed by atoms with Gasteiger partial charge in [0.25, 0.3) is 10.0 Å². The lowest BCUT2D eigenvalue weighted by molar-refractivity contribution is -0.130. The smallest absolute Gasteiger partial charge is 0.284 e. The van der Waals surface area contributed by atoms with Crippen molar-refractivity contribution >= 4 is 56.1 Å². The Morgan fingerprint density at radius 1 is 1.06 bits per heavy atom. The molecule has 2 amide bonds. The van der Waals surface area contributed by atoms with Crippen molar-refractivity contribution in [1.82, 2.24) is 4.90 Å². The number of nitrogens with one attached hydrogen (secondary N) is 1. The fourth-order valence-electron chi connectivity index (χ4n) is 4.02. The Labute approximate surface area is 202 Å². The van der Waals surface area contributed by atoms with E-state index in [0.29, 0.717) is 10.7 Å². The number of rotatable bonds is 6. The minimum absolute atomic E-state index is 0.00122. The van der Waals surface area contributed by atoms with Crippen LogP contribution in [-0.4, -0.2) is 41.6 Å². The van der Waals surface area contributed by atoms with Crippen molar-refractivity contribution in [2.45, 2.75) is 54.7 Å². The number of benzene rings is 2. The second-order valence-electron chi connectivity index (χ2n) is 8.03. The molecule has 2 fully saturated rings. The molecule has 10 heteroatoms. The molecule has 33 heavy (non-hydrogen) atoms. The SMILES string of the molecule is O=C(C[C@@H]1SC(=NS(=O)(=O)c2ccc(Cl)cc2)N(C2CCCCC2)C1=O)Nc1ccccc1. The van der Waals surface area contributed by atoms with E-state index in [1.54, 1.807) is 12.1 Å². The van der Waals surface area contributed by atoms with Crippen LogP contribution in [0.5, 0.6) is 0 Å². The van der Waals surface area contributed by atoms with Gasteiger partial charge in [-0.3, -0.25) is 14.5 Å². The van der Waals surface area contributed by atoms with E-state index in [2.05, 4.69) is 9.71 Å². The number of carbonyl (C=O) groups excluding carboxylic acids is 2. The first-order valence-electron chi connectivity index (χ1n) is 10.8. The molecule has 2 aliphatic rings. The molecule has 2 aromatic carbocycles. The van der Waals surface area contributed by atoms with E-state index >= 15 is 0 Å². The highest BCUT2D eigenvalue weighted by Gasteiger charge is 2.43. The van der Waals surface area contributed by atoms with Gasteiger partial charge in [-0.25, -0.2) is 0 Å². The first-order valence-corrected chi connectivity index (χ1v) is 13.5. The molecule has 1 saturated carbocycles. The van der Waals surface area contributed by atoms with Crippen molar-refractivity contribution in [3.8, 4) is 0 Å². The van der Waals surface area contributed by atoms with Crippen LogP contribution in [0.4, 0.5) is 5.69 Å². The maximum Gasteiger partial charge on any atom is 0.284 e. The zero-order valence-corrected chi connectivity index (χ0v) is 20.2. The van der Waals surface area contributed by atoms with E-state index in [-0.39, 0.29) is 34.3 Å². The molecule has 0 radical (unpaired) electrons. The molecule has 4 rings (SSSR count). The summed E-state index contributed by atoms with van der Waals surface area (Å²) in [5.41, 5.74) is 0.640. The second kappa shape index (κ2) is 10.3. The van der Waals surface area contributed by atoms with Crippen LogP contribution in [0.15, 0.2) is 63.9 Å². The van der Waals surface area contributed by atoms with Crippen LogP contribution in [0.3, 0.4) is 0 Å². The summed E-state index contributed by atoms with van der Waals surface area (Å²) in [6, 6.07) is 14.6. The highest BCUT2D eigenvalue weighted by atomic mass is 35.5. The zero-order valence-electron chi connectivity index (χ0n) is 17.8. The van der Waals surface area contributed by atoms with Gasteiger partial charge < -0.3 is 5.32 Å². The normalized spacial score (nSPS) is 20.9. The van der Waals surface area contributed by atoms with Crippen molar-refractivity contribution in [1.29, 1.82) is 0 Å². The third kappa shape index (κ3) is 5.77. The van der Waals surface area contributed by atoms with Crippen molar-refractivity contribution in [3.05, 3.63) is 59.6 Å². The van der Waals surface area contributed by atoms with E-state index in [0.717, 1.165) is 43.9 Å². The van der Waals surface area contributed by atoms with Crippen LogP contribution in [0.1, 0.15) is 38.5 Å². The summed E-state index contributed by atoms with van der Waals surface area (Å²) in [6.07, 6.45) is 4.53. The number of amides is 2. The van der Waals surface area contributed by atoms with Gasteiger partial charge in [0.15, 0.2) is 5.17 Å². The first kappa shape index (κ1) is 23.8. The van der Waals surface area contributed by atoms with Gasteiger partial charge in [-0.2, -0.15) is 8.42 Å². The predicted molar refractivity (Wildman–Crippen MR) is 131 cm³/mol. The van der Waals surface area contributed by atoms with Crippen LogP contribution < -0.4 is 5.32 Å². The van der Waals surface area contributed by atoms with Gasteiger partial charge in [0, 0.05) is 23.2 Å². The zero-order chi connectivity index (χ0) is 23.4. The fraction of sp³-hybridized carbons (Fsp3) is 0.348. The molecule has 1 atom stereocenters. The molecule has 0 aromatic heterocycles. The number of sulfonamides is 1. The Hall–Kier alpha value is -2.36. The largest absolute Gasteiger partial charge is 0.326 e. The summed E-state index contributed by atoms with van der Waals surface area (Å²) < 4.78 is 29.9. The molecule has 0 unspecified atom stereocenters. The molecule has 1 saturated heterocycles. The molecular formula is C23H24ClN3O4S2. The lowest BCUT2D eigenvalue weighted by Crippen LogP contribution is -2.42. The number of anilines is 1. The average Bonchev–Trinajstić information content (AvgIpc) is 3.09. The lowest BCUT2D eigenvalue weighted by atomic mass is 9.94.